The molecule has 0 fully saturated rings. The summed E-state index contributed by atoms with van der Waals surface area (Å²) in [4.78, 5) is 48.4. The molecule has 0 amide bonds. The third kappa shape index (κ3) is 8.36. The van der Waals surface area contributed by atoms with Crippen molar-refractivity contribution in [2.24, 2.45) is 12.8 Å². The number of anilines is 2. The van der Waals surface area contributed by atoms with Gasteiger partial charge in [-0.2, -0.15) is 15.2 Å². The van der Waals surface area contributed by atoms with Crippen LogP contribution in [0.3, 0.4) is 0 Å². The highest BCUT2D eigenvalue weighted by atomic mass is 35.5. The topological polar surface area (TPSA) is 170 Å². The first-order chi connectivity index (χ1) is 25.6. The lowest BCUT2D eigenvalue weighted by Crippen LogP contribution is -2.43. The number of esters is 1. The van der Waals surface area contributed by atoms with Crippen LogP contribution in [-0.2, 0) is 44.3 Å². The summed E-state index contributed by atoms with van der Waals surface area (Å²) in [5.74, 6) is -4.58. The van der Waals surface area contributed by atoms with Crippen LogP contribution in [0.5, 0.6) is 0 Å². The van der Waals surface area contributed by atoms with Crippen molar-refractivity contribution in [2.45, 2.75) is 58.8 Å². The smallest absolute Gasteiger partial charge is 0.355 e. The largest absolute Gasteiger partial charge is 0.456 e. The lowest BCUT2D eigenvalue weighted by Gasteiger charge is -2.19. The van der Waals surface area contributed by atoms with Crippen molar-refractivity contribution in [1.82, 2.24) is 38.7 Å². The van der Waals surface area contributed by atoms with E-state index < -0.39 is 53.5 Å². The summed E-state index contributed by atoms with van der Waals surface area (Å²) in [5.41, 5.74) is 5.59. The number of nitrogens with two attached hydrogens (primary N) is 1. The minimum absolute atomic E-state index is 0.0834. The van der Waals surface area contributed by atoms with Gasteiger partial charge in [0.1, 0.15) is 17.7 Å². The Morgan fingerprint density at radius 1 is 0.981 bits per heavy atom. The molecule has 0 radical (unpaired) electrons. The second-order valence-corrected chi connectivity index (χ2v) is 13.9. The summed E-state index contributed by atoms with van der Waals surface area (Å²) in [6.45, 7) is 4.83. The van der Waals surface area contributed by atoms with Crippen LogP contribution in [0.4, 0.5) is 24.8 Å². The summed E-state index contributed by atoms with van der Waals surface area (Å²) in [7, 11) is 1.73. The number of nitrogens with one attached hydrogen (secondary N) is 1. The zero-order chi connectivity index (χ0) is 38.9. The lowest BCUT2D eigenvalue weighted by atomic mass is 10.0. The molecule has 0 unspecified atom stereocenters. The first kappa shape index (κ1) is 37.9. The van der Waals surface area contributed by atoms with Crippen molar-refractivity contribution >= 4 is 40.1 Å². The number of carbonyl (C=O) groups is 1. The molecular weight excluding hydrogens is 729 g/mol. The summed E-state index contributed by atoms with van der Waals surface area (Å²) in [6, 6.07) is 9.56. The average Bonchev–Trinajstić information content (AvgIpc) is 3.72. The van der Waals surface area contributed by atoms with Crippen molar-refractivity contribution in [3.05, 3.63) is 127 Å². The molecule has 6 aromatic rings. The number of carbonyl (C=O) groups excluding carboxylic acids is 1. The van der Waals surface area contributed by atoms with Crippen LogP contribution in [0.15, 0.2) is 64.6 Å². The SMILES string of the molecule is Cn1cc2c(CCN)c(Nc3nc(=O)n(Cc4ncn(CCc5cccc(C(=O)OC(C)(C)C)c5)n4)c(=O)n3Cc3cc(F)c(F)cc3F)c(Cl)cc2n1. The van der Waals surface area contributed by atoms with Gasteiger partial charge in [-0.05, 0) is 75.5 Å². The Morgan fingerprint density at radius 3 is 2.48 bits per heavy atom. The van der Waals surface area contributed by atoms with E-state index in [1.54, 1.807) is 63.0 Å². The van der Waals surface area contributed by atoms with Gasteiger partial charge >= 0.3 is 17.3 Å². The number of halogens is 4. The molecule has 3 aromatic carbocycles. The van der Waals surface area contributed by atoms with E-state index >= 15 is 0 Å². The van der Waals surface area contributed by atoms with E-state index in [0.717, 1.165) is 14.7 Å². The summed E-state index contributed by atoms with van der Waals surface area (Å²) in [5, 5.41) is 12.6. The normalized spacial score (nSPS) is 11.7. The standard InChI is InChI=1S/C36H36ClF3N10O4/c1-36(2,3)54-32(51)21-7-5-6-20(12-21)9-11-48-19-42-30(46-48)18-50-34(52)44-33(49(35(50)53)16-22-13-27(39)28(40)15-26(22)38)43-31-23(8-10-41)24-17-47(4)45-29(24)14-25(31)37/h5-7,12-15,17,19H,8-11,16,18,41H2,1-4H3,(H,43,44,52). The fraction of sp³-hybridized carbons (Fsp3) is 0.306. The van der Waals surface area contributed by atoms with Crippen molar-refractivity contribution in [3.8, 4) is 0 Å². The van der Waals surface area contributed by atoms with Gasteiger partial charge in [-0.3, -0.25) is 13.9 Å². The Balaban J connectivity index is 1.32. The van der Waals surface area contributed by atoms with Crippen LogP contribution in [-0.4, -0.2) is 56.8 Å². The highest BCUT2D eigenvalue weighted by Crippen LogP contribution is 2.35. The monoisotopic (exact) mass is 764 g/mol. The highest BCUT2D eigenvalue weighted by molar-refractivity contribution is 6.34. The van der Waals surface area contributed by atoms with E-state index in [4.69, 9.17) is 22.1 Å². The van der Waals surface area contributed by atoms with Gasteiger partial charge in [0.05, 0.1) is 34.9 Å². The van der Waals surface area contributed by atoms with Crippen molar-refractivity contribution in [2.75, 3.05) is 11.9 Å². The highest BCUT2D eigenvalue weighted by Gasteiger charge is 2.22. The number of hydrogen-bond acceptors (Lipinski definition) is 10. The van der Waals surface area contributed by atoms with Crippen molar-refractivity contribution in [3.63, 3.8) is 0 Å². The second kappa shape index (κ2) is 15.3. The molecule has 0 aliphatic heterocycles. The predicted octanol–water partition coefficient (Wildman–Crippen LogP) is 4.49. The molecule has 0 bridgehead atoms. The summed E-state index contributed by atoms with van der Waals surface area (Å²) in [6.07, 6.45) is 3.96. The molecule has 0 aliphatic rings. The number of fused-ring (bicyclic) bond motifs is 1. The van der Waals surface area contributed by atoms with Gasteiger partial charge in [0, 0.05) is 36.8 Å². The molecule has 0 spiro atoms. The number of rotatable bonds is 12. The molecule has 0 atom stereocenters. The first-order valence-corrected chi connectivity index (χ1v) is 17.2. The maximum Gasteiger partial charge on any atom is 0.355 e. The molecule has 0 saturated carbocycles. The molecule has 54 heavy (non-hydrogen) atoms. The maximum atomic E-state index is 14.9. The van der Waals surface area contributed by atoms with E-state index in [9.17, 15) is 27.6 Å². The minimum Gasteiger partial charge on any atom is -0.456 e. The fourth-order valence-electron chi connectivity index (χ4n) is 5.81. The van der Waals surface area contributed by atoms with E-state index in [2.05, 4.69) is 25.5 Å². The number of benzene rings is 3. The first-order valence-electron chi connectivity index (χ1n) is 16.8. The Morgan fingerprint density at radius 2 is 1.74 bits per heavy atom. The van der Waals surface area contributed by atoms with Crippen LogP contribution in [0.1, 0.15) is 53.6 Å². The Labute approximate surface area is 311 Å². The fourth-order valence-corrected chi connectivity index (χ4v) is 6.08. The third-order valence-corrected chi connectivity index (χ3v) is 8.56. The van der Waals surface area contributed by atoms with Crippen LogP contribution < -0.4 is 22.4 Å². The lowest BCUT2D eigenvalue weighted by molar-refractivity contribution is 0.00693. The number of aryl methyl sites for hydroxylation is 3. The van der Waals surface area contributed by atoms with Crippen LogP contribution in [0.2, 0.25) is 5.02 Å². The minimum atomic E-state index is -1.41. The number of aromatic nitrogens is 8. The Bertz CT molecular complexity index is 2500. The second-order valence-electron chi connectivity index (χ2n) is 13.5. The van der Waals surface area contributed by atoms with Gasteiger partial charge in [-0.25, -0.2) is 37.1 Å². The van der Waals surface area contributed by atoms with E-state index in [0.29, 0.717) is 53.5 Å². The molecule has 14 nitrogen and oxygen atoms in total. The molecule has 282 valence electrons. The van der Waals surface area contributed by atoms with Crippen LogP contribution >= 0.6 is 11.6 Å². The summed E-state index contributed by atoms with van der Waals surface area (Å²) < 4.78 is 53.2. The maximum absolute atomic E-state index is 14.9. The van der Waals surface area contributed by atoms with Gasteiger partial charge in [0.25, 0.3) is 0 Å². The van der Waals surface area contributed by atoms with Crippen LogP contribution in [0.25, 0.3) is 10.9 Å². The number of hydrogen-bond donors (Lipinski definition) is 2. The van der Waals surface area contributed by atoms with Gasteiger partial charge in [-0.1, -0.05) is 23.7 Å². The van der Waals surface area contributed by atoms with E-state index in [-0.39, 0.29) is 34.6 Å². The zero-order valence-electron chi connectivity index (χ0n) is 29.7. The molecule has 0 aliphatic carbocycles. The molecule has 3 aromatic heterocycles. The van der Waals surface area contributed by atoms with Crippen molar-refractivity contribution < 1.29 is 22.7 Å². The third-order valence-electron chi connectivity index (χ3n) is 8.26. The van der Waals surface area contributed by atoms with Gasteiger partial charge in [0.2, 0.25) is 5.95 Å². The average molecular weight is 765 g/mol. The molecular formula is C36H36ClF3N10O4. The zero-order valence-corrected chi connectivity index (χ0v) is 30.5. The van der Waals surface area contributed by atoms with E-state index in [1.165, 1.54) is 11.0 Å². The quantitative estimate of drug-likeness (QED) is 0.134. The van der Waals surface area contributed by atoms with E-state index in [1.807, 2.05) is 6.07 Å². The molecule has 0 saturated heterocycles. The summed E-state index contributed by atoms with van der Waals surface area (Å²) >= 11 is 6.67. The molecule has 18 heteroatoms. The Kier molecular flexibility index (Phi) is 10.7. The van der Waals surface area contributed by atoms with Gasteiger partial charge in [-0.15, -0.1) is 0 Å². The molecule has 3 N–H and O–H groups in total. The van der Waals surface area contributed by atoms with Crippen molar-refractivity contribution in [1.29, 1.82) is 0 Å². The molecule has 6 rings (SSSR count). The predicted molar refractivity (Wildman–Crippen MR) is 194 cm³/mol. The molecule has 3 heterocycles. The number of nitrogens with zero attached hydrogens (tertiary/aromatic N) is 8. The number of ether oxygens (including phenoxy) is 1. The van der Waals surface area contributed by atoms with Gasteiger partial charge < -0.3 is 15.8 Å². The Hall–Kier alpha value is -5.81. The van der Waals surface area contributed by atoms with Gasteiger partial charge in [0.15, 0.2) is 17.5 Å². The van der Waals surface area contributed by atoms with Crippen LogP contribution in [0, 0.1) is 17.5 Å².